The number of carbonyl (C=O) groups is 6. The zero-order valence-electron chi connectivity index (χ0n) is 41.7. The van der Waals surface area contributed by atoms with Crippen molar-refractivity contribution in [3.8, 4) is 33.4 Å². The molecule has 6 aromatic rings. The summed E-state index contributed by atoms with van der Waals surface area (Å²) >= 11 is 4.59. The topological polar surface area (TPSA) is 190 Å². The number of hydrogen-bond donors (Lipinski definition) is 3. The fourth-order valence-corrected chi connectivity index (χ4v) is 6.54. The molecule has 6 rings (SSSR count). The van der Waals surface area contributed by atoms with E-state index in [9.17, 15) is 28.8 Å². The second-order valence-corrected chi connectivity index (χ2v) is 16.1. The highest BCUT2D eigenvalue weighted by molar-refractivity contribution is 7.78. The van der Waals surface area contributed by atoms with Gasteiger partial charge in [0, 0.05) is 50.5 Å². The first kappa shape index (κ1) is 62.0. The minimum absolute atomic E-state index is 0. The number of Topliss-reactive ketones (excluding diaryl/α,β-unsaturated/α-hetero) is 3. The molecule has 5 N–H and O–H groups in total. The minimum atomic E-state index is -0.379. The van der Waals surface area contributed by atoms with E-state index < -0.39 is 0 Å². The van der Waals surface area contributed by atoms with E-state index in [2.05, 4.69) is 23.3 Å². The zero-order valence-corrected chi connectivity index (χ0v) is 43.3. The number of ether oxygens (including phenoxy) is 3. The summed E-state index contributed by atoms with van der Waals surface area (Å²) < 4.78 is 14.9. The summed E-state index contributed by atoms with van der Waals surface area (Å²) in [5.74, 6) is -1.19. The maximum absolute atomic E-state index is 12.1. The molecule has 0 amide bonds. The van der Waals surface area contributed by atoms with E-state index >= 15 is 0 Å². The van der Waals surface area contributed by atoms with Gasteiger partial charge in [0.05, 0.1) is 31.4 Å². The number of benzene rings is 6. The van der Waals surface area contributed by atoms with Crippen LogP contribution in [-0.4, -0.2) is 85.4 Å². The van der Waals surface area contributed by atoms with Gasteiger partial charge < -0.3 is 42.8 Å². The van der Waals surface area contributed by atoms with Crippen LogP contribution in [0.25, 0.3) is 33.4 Å². The molecule has 388 valence electrons. The van der Waals surface area contributed by atoms with Gasteiger partial charge >= 0.3 is 17.9 Å². The molecule has 14 heteroatoms. The van der Waals surface area contributed by atoms with Crippen LogP contribution in [-0.2, 0) is 28.6 Å². The van der Waals surface area contributed by atoms with Crippen molar-refractivity contribution < 1.29 is 67.7 Å². The number of aliphatic hydroxyl groups excluding tert-OH is 1. The number of aliphatic hydroxyl groups is 1. The summed E-state index contributed by atoms with van der Waals surface area (Å²) in [7, 11) is 0. The van der Waals surface area contributed by atoms with Crippen molar-refractivity contribution in [1.29, 1.82) is 0 Å². The summed E-state index contributed by atoms with van der Waals surface area (Å²) in [6.45, 7) is 6.17. The Balaban J connectivity index is 0.000000528. The molecule has 12 nitrogen and oxygen atoms in total. The molecule has 0 aliphatic carbocycles. The Morgan fingerprint density at radius 1 is 0.466 bits per heavy atom. The molecule has 0 saturated carbocycles. The Hall–Kier alpha value is -7.16. The van der Waals surface area contributed by atoms with Crippen LogP contribution in [0.1, 0.15) is 97.7 Å². The molecule has 0 radical (unpaired) electrons. The lowest BCUT2D eigenvalue weighted by Crippen LogP contribution is -3.00. The van der Waals surface area contributed by atoms with E-state index in [0.717, 1.165) is 46.2 Å². The van der Waals surface area contributed by atoms with Gasteiger partial charge in [-0.05, 0) is 46.2 Å². The Labute approximate surface area is 442 Å². The van der Waals surface area contributed by atoms with Crippen molar-refractivity contribution in [1.82, 2.24) is 5.32 Å². The molecule has 0 spiro atoms. The maximum Gasteiger partial charge on any atom is 0.306 e. The lowest BCUT2D eigenvalue weighted by molar-refractivity contribution is -0.372. The van der Waals surface area contributed by atoms with E-state index in [0.29, 0.717) is 49.6 Å². The highest BCUT2D eigenvalue weighted by atomic mass is 35.5. The maximum atomic E-state index is 12.1. The third-order valence-corrected chi connectivity index (χ3v) is 10.5. The van der Waals surface area contributed by atoms with Crippen LogP contribution in [0.3, 0.4) is 0 Å². The number of ketones is 3. The van der Waals surface area contributed by atoms with Gasteiger partial charge in [0.2, 0.25) is 0 Å². The Morgan fingerprint density at radius 3 is 1.03 bits per heavy atom. The first-order valence-corrected chi connectivity index (χ1v) is 24.6. The van der Waals surface area contributed by atoms with Crippen molar-refractivity contribution >= 4 is 53.0 Å². The number of thiocarbonyl (C=S) groups is 1. The lowest BCUT2D eigenvalue weighted by atomic mass is 10.0. The Kier molecular flexibility index (Phi) is 31.9. The van der Waals surface area contributed by atoms with Crippen molar-refractivity contribution in [2.45, 2.75) is 65.2 Å². The van der Waals surface area contributed by atoms with Crippen molar-refractivity contribution in [2.75, 3.05) is 39.5 Å². The van der Waals surface area contributed by atoms with E-state index in [4.69, 9.17) is 19.3 Å². The number of nitrogens with one attached hydrogen (secondary N) is 1. The number of hydrogen-bond acceptors (Lipinski definition) is 11. The van der Waals surface area contributed by atoms with Crippen molar-refractivity contribution in [2.24, 2.45) is 0 Å². The SMILES string of the molecule is CCCO.CCCOC(=O)CCC(=O)c1ccc(-c2ccccc2)cc1.O=C(CCC(=O)c1ccc(-c2ccccc2)cc1)OCCNC=S.[Cl-].[HH].[NH3+]CCOC(=O)CCC(=O)c1ccc(-c2ccccc2)cc1. The van der Waals surface area contributed by atoms with E-state index in [1.165, 1.54) is 5.49 Å². The molecular formula is C59H69ClN2O10S. The molecule has 0 aliphatic heterocycles. The third kappa shape index (κ3) is 25.2. The molecule has 0 saturated heterocycles. The average Bonchev–Trinajstić information content (AvgIpc) is 3.44. The molecule has 73 heavy (non-hydrogen) atoms. The fraction of sp³-hybridized carbons (Fsp3) is 0.271. The molecule has 6 aromatic carbocycles. The second-order valence-electron chi connectivity index (χ2n) is 15.9. The van der Waals surface area contributed by atoms with Crippen LogP contribution in [0.4, 0.5) is 0 Å². The lowest BCUT2D eigenvalue weighted by Gasteiger charge is -2.05. The number of esters is 3. The molecule has 0 unspecified atom stereocenters. The van der Waals surface area contributed by atoms with E-state index in [1.807, 2.05) is 153 Å². The number of halogens is 1. The Morgan fingerprint density at radius 2 is 0.753 bits per heavy atom. The molecule has 0 aliphatic rings. The van der Waals surface area contributed by atoms with Crippen LogP contribution in [0.15, 0.2) is 164 Å². The van der Waals surface area contributed by atoms with Gasteiger partial charge in [0.1, 0.15) is 19.8 Å². The summed E-state index contributed by atoms with van der Waals surface area (Å²) in [5, 5.41) is 10.6. The van der Waals surface area contributed by atoms with E-state index in [-0.39, 0.29) is 94.2 Å². The summed E-state index contributed by atoms with van der Waals surface area (Å²) in [6.07, 6.45) is 2.49. The summed E-state index contributed by atoms with van der Waals surface area (Å²) in [6, 6.07) is 52.2. The molecule has 0 bridgehead atoms. The monoisotopic (exact) mass is 1030 g/mol. The highest BCUT2D eigenvalue weighted by Crippen LogP contribution is 2.22. The minimum Gasteiger partial charge on any atom is -1.00 e. The van der Waals surface area contributed by atoms with Crippen molar-refractivity contribution in [3.63, 3.8) is 0 Å². The molecular weight excluding hydrogens is 964 g/mol. The van der Waals surface area contributed by atoms with Gasteiger partial charge in [-0.1, -0.05) is 190 Å². The van der Waals surface area contributed by atoms with Crippen LogP contribution in [0.5, 0.6) is 0 Å². The quantitative estimate of drug-likeness (QED) is 0.0179. The van der Waals surface area contributed by atoms with Crippen LogP contribution < -0.4 is 23.5 Å². The van der Waals surface area contributed by atoms with Gasteiger partial charge in [0.15, 0.2) is 17.3 Å². The third-order valence-electron chi connectivity index (χ3n) is 10.3. The zero-order chi connectivity index (χ0) is 52.2. The van der Waals surface area contributed by atoms with Crippen molar-refractivity contribution in [3.05, 3.63) is 180 Å². The van der Waals surface area contributed by atoms with Gasteiger partial charge in [-0.2, -0.15) is 0 Å². The smallest absolute Gasteiger partial charge is 0.306 e. The van der Waals surface area contributed by atoms with Crippen LogP contribution in [0.2, 0.25) is 0 Å². The molecule has 0 aromatic heterocycles. The van der Waals surface area contributed by atoms with Gasteiger partial charge in [-0.3, -0.25) is 28.8 Å². The fourth-order valence-electron chi connectivity index (χ4n) is 6.42. The first-order valence-electron chi connectivity index (χ1n) is 24.1. The molecule has 0 fully saturated rings. The largest absolute Gasteiger partial charge is 1.00 e. The summed E-state index contributed by atoms with van der Waals surface area (Å²) in [4.78, 5) is 70.6. The summed E-state index contributed by atoms with van der Waals surface area (Å²) in [5.41, 5.74) is 13.3. The molecule has 0 atom stereocenters. The highest BCUT2D eigenvalue weighted by Gasteiger charge is 2.13. The second kappa shape index (κ2) is 37.6. The first-order chi connectivity index (χ1) is 35.0. The predicted octanol–water partition coefficient (Wildman–Crippen LogP) is 7.42. The van der Waals surface area contributed by atoms with Gasteiger partial charge in [-0.15, -0.1) is 0 Å². The normalized spacial score (nSPS) is 9.86. The predicted molar refractivity (Wildman–Crippen MR) is 288 cm³/mol. The standard InChI is InChI=1S/C19H19NO3S.C19H20O3.C18H19NO3.C3H8O.ClH.H2/c21-18(10-11-19(22)23-13-12-20-14-24)17-8-6-16(7-9-17)15-4-2-1-3-5-15;1-2-14-22-19(21)13-12-18(20)17-10-8-16(9-11-17)15-6-4-3-5-7-15;19-12-13-22-18(21)11-10-17(20)16-8-6-15(7-9-16)14-4-2-1-3-5-14;1-2-3-4;;/h1-9,14H,10-13H2,(H,20,24);3-11H,2,12-14H2,1H3;1-9H,10-13,19H2;4H,2-3H2,1H3;2*1H. The average molecular weight is 1030 g/mol. The van der Waals surface area contributed by atoms with Gasteiger partial charge in [0.25, 0.3) is 0 Å². The van der Waals surface area contributed by atoms with Gasteiger partial charge in [-0.25, -0.2) is 0 Å². The van der Waals surface area contributed by atoms with E-state index in [1.54, 1.807) is 24.3 Å². The number of rotatable bonds is 24. The van der Waals surface area contributed by atoms with Crippen LogP contribution >= 0.6 is 12.2 Å². The Bertz CT molecular complexity index is 2420. The molecule has 0 heterocycles. The van der Waals surface area contributed by atoms with Crippen LogP contribution in [0, 0.1) is 0 Å². The number of carbonyl (C=O) groups excluding carboxylic acids is 6. The number of quaternary nitrogens is 1.